The van der Waals surface area contributed by atoms with Gasteiger partial charge in [-0.2, -0.15) is 9.97 Å². The second-order valence-electron chi connectivity index (χ2n) is 16.4. The molecular formula is C50H70N16O12P2Pt+2. The van der Waals surface area contributed by atoms with Crippen LogP contribution in [0.5, 0.6) is 0 Å². The van der Waals surface area contributed by atoms with E-state index >= 15 is 0 Å². The van der Waals surface area contributed by atoms with E-state index in [0.717, 1.165) is 25.6 Å². The number of aryl methyl sites for hydroxylation is 2. The van der Waals surface area contributed by atoms with Crippen molar-refractivity contribution in [2.24, 2.45) is 14.1 Å². The van der Waals surface area contributed by atoms with Gasteiger partial charge in [0.25, 0.3) is 11.1 Å². The summed E-state index contributed by atoms with van der Waals surface area (Å²) in [5.74, 6) is 0.215. The van der Waals surface area contributed by atoms with Gasteiger partial charge in [-0.25, -0.2) is 9.97 Å². The largest absolute Gasteiger partial charge is 2.00 e. The number of hydrogen-bond acceptors (Lipinski definition) is 18. The third-order valence-corrected chi connectivity index (χ3v) is 13.6. The summed E-state index contributed by atoms with van der Waals surface area (Å²) in [7, 11) is 15.9. The number of fused-ring (bicyclic) bond motifs is 2. The number of benzene rings is 4. The predicted molar refractivity (Wildman–Crippen MR) is 320 cm³/mol. The van der Waals surface area contributed by atoms with Crippen molar-refractivity contribution >= 4 is 96.9 Å². The van der Waals surface area contributed by atoms with E-state index in [9.17, 15) is 28.8 Å². The first-order chi connectivity index (χ1) is 37.7. The Morgan fingerprint density at radius 3 is 0.827 bits per heavy atom. The standard InChI is InChI=1S/2C13H13P.2C6H7N5O.4C3H7NO.2NO3.Pt/c2*1-14(12-8-4-2-5-9-12)13-10-6-3-7-11-13;2*1-11-2-8-3-4(11)9-6(7)10-5(3)12;4*1-4(2)3-5;2*2-1(3)4;/h2*2-11H,1H3;2*2H,1H3,(H3,7,9,10,12);4*3H,1-2H3;;;/q;;;;;;;;2*-1;+2/p+2. The second-order valence-corrected chi connectivity index (χ2v) is 21.2. The van der Waals surface area contributed by atoms with Crippen LogP contribution in [0.15, 0.2) is 144 Å². The number of nitrogens with one attached hydrogen (secondary N) is 2. The predicted octanol–water partition coefficient (Wildman–Crippen LogP) is 1.78. The van der Waals surface area contributed by atoms with Crippen LogP contribution in [-0.2, 0) is 54.3 Å². The SMILES string of the molecule is CN(C)C=O.CN(C)C=O.CN(C)C=O.CN(C)C=O.C[PH+](c1ccccc1)c1ccccc1.C[PH+](c1ccccc1)c1ccccc1.Cn1cnc2c(=O)[nH]c(N)nc21.Cn1cnc2c(=O)[nH]c(N)nc21.O=[N+]([O-])[O-].O=[N+]([O-])[O-].[Pt+2]. The molecule has 31 heteroatoms. The summed E-state index contributed by atoms with van der Waals surface area (Å²) in [4.78, 5) is 103. The maximum Gasteiger partial charge on any atom is 2.00 e. The summed E-state index contributed by atoms with van der Waals surface area (Å²) >= 11 is 0. The van der Waals surface area contributed by atoms with Crippen molar-refractivity contribution in [1.29, 1.82) is 0 Å². The van der Waals surface area contributed by atoms with Crippen molar-refractivity contribution in [1.82, 2.24) is 58.6 Å². The Labute approximate surface area is 484 Å². The topological polar surface area (TPSA) is 393 Å². The summed E-state index contributed by atoms with van der Waals surface area (Å²) in [5.41, 5.74) is 11.7. The van der Waals surface area contributed by atoms with Crippen LogP contribution in [0.2, 0.25) is 0 Å². The summed E-state index contributed by atoms with van der Waals surface area (Å²) in [6, 6.07) is 43.0. The Hall–Kier alpha value is -8.99. The zero-order valence-corrected chi connectivity index (χ0v) is 51.0. The van der Waals surface area contributed by atoms with E-state index in [1.165, 1.54) is 53.5 Å². The smallest absolute Gasteiger partial charge is 0.369 e. The zero-order valence-electron chi connectivity index (χ0n) is 46.7. The number of amides is 4. The fourth-order valence-electron chi connectivity index (χ4n) is 5.15. The monoisotopic (exact) mass is 1340 g/mol. The molecule has 0 saturated heterocycles. The molecule has 4 heterocycles. The van der Waals surface area contributed by atoms with Gasteiger partial charge in [-0.05, 0) is 48.5 Å². The molecule has 4 aromatic carbocycles. The molecule has 0 spiro atoms. The van der Waals surface area contributed by atoms with E-state index < -0.39 is 26.0 Å². The normalized spacial score (nSPS) is 9.06. The van der Waals surface area contributed by atoms with Crippen molar-refractivity contribution in [3.8, 4) is 0 Å². The third kappa shape index (κ3) is 35.9. The van der Waals surface area contributed by atoms with Crippen LogP contribution in [0.25, 0.3) is 22.3 Å². The molecule has 4 amide bonds. The molecule has 0 bridgehead atoms. The first-order valence-corrected chi connectivity index (χ1v) is 27.0. The van der Waals surface area contributed by atoms with Gasteiger partial charge in [0.1, 0.15) is 0 Å². The van der Waals surface area contributed by atoms with E-state index in [0.29, 0.717) is 22.3 Å². The van der Waals surface area contributed by atoms with Crippen LogP contribution in [0.4, 0.5) is 11.9 Å². The Morgan fingerprint density at radius 1 is 0.469 bits per heavy atom. The average molecular weight is 1340 g/mol. The average Bonchev–Trinajstić information content (AvgIpc) is 4.00. The number of nitrogens with two attached hydrogens (primary N) is 2. The maximum absolute atomic E-state index is 11.2. The molecule has 0 atom stereocenters. The Morgan fingerprint density at radius 2 is 0.654 bits per heavy atom. The first-order valence-electron chi connectivity index (χ1n) is 23.0. The van der Waals surface area contributed by atoms with Crippen LogP contribution in [0, 0.1) is 30.6 Å². The van der Waals surface area contributed by atoms with Crippen molar-refractivity contribution in [2.75, 3.05) is 81.2 Å². The van der Waals surface area contributed by atoms with Crippen molar-refractivity contribution in [3.63, 3.8) is 0 Å². The third-order valence-electron chi connectivity index (χ3n) is 8.85. The van der Waals surface area contributed by atoms with Crippen LogP contribution in [-0.4, -0.2) is 164 Å². The number of H-pyrrole nitrogens is 2. The maximum atomic E-state index is 11.2. The quantitative estimate of drug-likeness (QED) is 0.0729. The number of aromatic amines is 2. The molecule has 8 aromatic rings. The van der Waals surface area contributed by atoms with Crippen LogP contribution in [0.3, 0.4) is 0 Å². The van der Waals surface area contributed by atoms with Gasteiger partial charge >= 0.3 is 21.1 Å². The minimum atomic E-state index is -1.75. The Kier molecular flexibility index (Phi) is 41.3. The number of nitrogens with zero attached hydrogens (tertiary/aromatic N) is 12. The van der Waals surface area contributed by atoms with Crippen LogP contribution >= 0.6 is 15.8 Å². The molecule has 0 saturated carbocycles. The van der Waals surface area contributed by atoms with Crippen molar-refractivity contribution < 1.29 is 50.4 Å². The number of nitrogen functional groups attached to an aromatic ring is 2. The number of rotatable bonds is 8. The van der Waals surface area contributed by atoms with Crippen molar-refractivity contribution in [3.05, 3.63) is 185 Å². The number of imidazole rings is 2. The minimum Gasteiger partial charge on any atom is -0.369 e. The van der Waals surface area contributed by atoms with E-state index in [4.69, 9.17) is 42.1 Å². The second kappa shape index (κ2) is 43.9. The fourth-order valence-corrected chi connectivity index (χ4v) is 8.59. The number of anilines is 2. The van der Waals surface area contributed by atoms with Gasteiger partial charge in [0.2, 0.25) is 37.5 Å². The first kappa shape index (κ1) is 76.2. The summed E-state index contributed by atoms with van der Waals surface area (Å²) in [6.45, 7) is 4.69. The van der Waals surface area contributed by atoms with Crippen LogP contribution < -0.4 is 43.8 Å². The molecule has 0 fully saturated rings. The van der Waals surface area contributed by atoms with Gasteiger partial charge in [-0.3, -0.25) is 38.7 Å². The molecule has 28 nitrogen and oxygen atoms in total. The molecule has 440 valence electrons. The fraction of sp³-hybridized carbons (Fsp3) is 0.240. The molecule has 0 aliphatic carbocycles. The molecule has 4 aromatic heterocycles. The van der Waals surface area contributed by atoms with Crippen LogP contribution in [0.1, 0.15) is 0 Å². The Balaban J connectivity index is -0.000000868. The number of carbonyl (C=O) groups is 4. The summed E-state index contributed by atoms with van der Waals surface area (Å²) in [6.07, 6.45) is 6.04. The van der Waals surface area contributed by atoms with Gasteiger partial charge in [0, 0.05) is 70.5 Å². The number of hydrogen-bond donors (Lipinski definition) is 4. The van der Waals surface area contributed by atoms with Gasteiger partial charge in [0.15, 0.2) is 22.3 Å². The summed E-state index contributed by atoms with van der Waals surface area (Å²) < 4.78 is 3.28. The van der Waals surface area contributed by atoms with Gasteiger partial charge < -0.3 is 70.8 Å². The Bertz CT molecular complexity index is 2800. The molecular weight excluding hydrogens is 1270 g/mol. The van der Waals surface area contributed by atoms with Gasteiger partial charge in [-0.1, -0.05) is 72.8 Å². The number of carbonyl (C=O) groups excluding carboxylic acids is 4. The molecule has 0 unspecified atom stereocenters. The van der Waals surface area contributed by atoms with E-state index in [2.05, 4.69) is 165 Å². The molecule has 0 aliphatic rings. The van der Waals surface area contributed by atoms with Crippen molar-refractivity contribution in [2.45, 2.75) is 0 Å². The molecule has 6 N–H and O–H groups in total. The summed E-state index contributed by atoms with van der Waals surface area (Å²) in [5, 5.41) is 35.4. The van der Waals surface area contributed by atoms with Gasteiger partial charge in [-0.15, -0.1) is 0 Å². The molecule has 81 heavy (non-hydrogen) atoms. The van der Waals surface area contributed by atoms with E-state index in [1.807, 2.05) is 0 Å². The van der Waals surface area contributed by atoms with E-state index in [-0.39, 0.29) is 44.1 Å². The van der Waals surface area contributed by atoms with Gasteiger partial charge in [0.05, 0.1) is 73.2 Å². The van der Waals surface area contributed by atoms with E-state index in [1.54, 1.807) is 79.6 Å². The molecule has 8 rings (SSSR count). The molecule has 0 aliphatic heterocycles. The zero-order chi connectivity index (χ0) is 61.3. The minimum absolute atomic E-state index is 0. The molecule has 0 radical (unpaired) electrons. The number of aromatic nitrogens is 8.